The Bertz CT molecular complexity index is 739. The van der Waals surface area contributed by atoms with Crippen molar-refractivity contribution in [3.05, 3.63) is 46.5 Å². The quantitative estimate of drug-likeness (QED) is 0.755. The van der Waals surface area contributed by atoms with Crippen LogP contribution in [0.15, 0.2) is 35.4 Å². The van der Waals surface area contributed by atoms with E-state index in [2.05, 4.69) is 0 Å². The number of carbonyl (C=O) groups excluding carboxylic acids is 2. The third-order valence-corrected chi connectivity index (χ3v) is 5.06. The number of aliphatic carboxylic acids is 1. The van der Waals surface area contributed by atoms with E-state index in [4.69, 9.17) is 0 Å². The van der Waals surface area contributed by atoms with Gasteiger partial charge in [-0.15, -0.1) is 11.8 Å². The topological polar surface area (TPSA) is 74.7 Å². The summed E-state index contributed by atoms with van der Waals surface area (Å²) in [7, 11) is 0. The van der Waals surface area contributed by atoms with Crippen molar-refractivity contribution in [1.82, 2.24) is 4.90 Å². The van der Waals surface area contributed by atoms with Gasteiger partial charge < -0.3 is 10.0 Å². The van der Waals surface area contributed by atoms with Crippen molar-refractivity contribution in [3.63, 3.8) is 0 Å². The van der Waals surface area contributed by atoms with Crippen LogP contribution in [0.2, 0.25) is 0 Å². The van der Waals surface area contributed by atoms with E-state index in [1.54, 1.807) is 17.0 Å². The highest BCUT2D eigenvalue weighted by Gasteiger charge is 2.42. The summed E-state index contributed by atoms with van der Waals surface area (Å²) >= 11 is 1.39. The SMILES string of the molecule is CSC1C(C(=O)c2ccccc2C)=C(CC(=O)O)C(=O)N1CC(C)C. The number of rotatable bonds is 7. The molecule has 0 aromatic heterocycles. The lowest BCUT2D eigenvalue weighted by Gasteiger charge is -2.27. The van der Waals surface area contributed by atoms with Crippen LogP contribution >= 0.6 is 11.8 Å². The van der Waals surface area contributed by atoms with Crippen LogP contribution in [0.1, 0.15) is 36.2 Å². The highest BCUT2D eigenvalue weighted by molar-refractivity contribution is 7.99. The van der Waals surface area contributed by atoms with Gasteiger partial charge in [-0.1, -0.05) is 38.1 Å². The van der Waals surface area contributed by atoms with Gasteiger partial charge in [-0.25, -0.2) is 0 Å². The zero-order valence-corrected chi connectivity index (χ0v) is 15.7. The fraction of sp³-hybridized carbons (Fsp3) is 0.421. The second-order valence-corrected chi connectivity index (χ2v) is 7.46. The third kappa shape index (κ3) is 3.95. The third-order valence-electron chi connectivity index (χ3n) is 4.12. The molecule has 1 aliphatic rings. The molecule has 1 heterocycles. The van der Waals surface area contributed by atoms with Gasteiger partial charge >= 0.3 is 5.97 Å². The maximum atomic E-state index is 13.2. The first-order valence-corrected chi connectivity index (χ1v) is 9.45. The number of carboxylic acid groups (broad SMARTS) is 1. The lowest BCUT2D eigenvalue weighted by atomic mass is 9.95. The molecular weight excluding hydrogens is 338 g/mol. The standard InChI is InChI=1S/C19H23NO4S/c1-11(2)10-20-18(24)14(9-15(21)22)16(19(20)25-4)17(23)13-8-6-5-7-12(13)3/h5-8,11,19H,9-10H2,1-4H3,(H,21,22). The Morgan fingerprint density at radius 1 is 1.28 bits per heavy atom. The Morgan fingerprint density at radius 3 is 2.44 bits per heavy atom. The molecule has 0 radical (unpaired) electrons. The number of hydrogen-bond acceptors (Lipinski definition) is 4. The fourth-order valence-corrected chi connectivity index (χ4v) is 3.98. The summed E-state index contributed by atoms with van der Waals surface area (Å²) in [4.78, 5) is 38.9. The van der Waals surface area contributed by atoms with Crippen LogP contribution in [0.25, 0.3) is 0 Å². The largest absolute Gasteiger partial charge is 0.481 e. The Balaban J connectivity index is 2.55. The first-order chi connectivity index (χ1) is 11.8. The van der Waals surface area contributed by atoms with Gasteiger partial charge in [0.1, 0.15) is 5.37 Å². The molecule has 0 saturated heterocycles. The second-order valence-electron chi connectivity index (χ2n) is 6.55. The molecule has 1 aromatic rings. The number of nitrogens with zero attached hydrogens (tertiary/aromatic N) is 1. The minimum Gasteiger partial charge on any atom is -0.481 e. The highest BCUT2D eigenvalue weighted by Crippen LogP contribution is 2.36. The molecule has 134 valence electrons. The average molecular weight is 361 g/mol. The van der Waals surface area contributed by atoms with Crippen LogP contribution < -0.4 is 0 Å². The number of hydrogen-bond donors (Lipinski definition) is 1. The maximum Gasteiger partial charge on any atom is 0.308 e. The van der Waals surface area contributed by atoms with Crippen molar-refractivity contribution in [2.75, 3.05) is 12.8 Å². The fourth-order valence-electron chi connectivity index (χ4n) is 3.06. The molecule has 5 nitrogen and oxygen atoms in total. The van der Waals surface area contributed by atoms with Crippen molar-refractivity contribution in [1.29, 1.82) is 0 Å². The summed E-state index contributed by atoms with van der Waals surface area (Å²) < 4.78 is 0. The van der Waals surface area contributed by atoms with E-state index in [0.717, 1.165) is 5.56 Å². The predicted molar refractivity (Wildman–Crippen MR) is 98.6 cm³/mol. The molecule has 0 fully saturated rings. The van der Waals surface area contributed by atoms with Crippen molar-refractivity contribution in [2.45, 2.75) is 32.6 Å². The number of benzene rings is 1. The highest BCUT2D eigenvalue weighted by atomic mass is 32.2. The van der Waals surface area contributed by atoms with E-state index >= 15 is 0 Å². The number of Topliss-reactive ketones (excluding diaryl/α,β-unsaturated/α-hetero) is 1. The summed E-state index contributed by atoms with van der Waals surface area (Å²) in [5.41, 5.74) is 1.75. The van der Waals surface area contributed by atoms with E-state index in [0.29, 0.717) is 17.7 Å². The molecule has 1 N–H and O–H groups in total. The summed E-state index contributed by atoms with van der Waals surface area (Å²) in [6.45, 7) is 6.30. The molecule has 1 aliphatic heterocycles. The van der Waals surface area contributed by atoms with Gasteiger partial charge in [0, 0.05) is 23.3 Å². The Hall–Kier alpha value is -2.08. The van der Waals surface area contributed by atoms with Gasteiger partial charge in [0.25, 0.3) is 5.91 Å². The first kappa shape index (κ1) is 19.2. The Labute approximate surface area is 152 Å². The molecule has 6 heteroatoms. The molecule has 0 saturated carbocycles. The second kappa shape index (κ2) is 7.87. The zero-order valence-electron chi connectivity index (χ0n) is 14.9. The number of carbonyl (C=O) groups is 3. The van der Waals surface area contributed by atoms with Crippen LogP contribution in [0, 0.1) is 12.8 Å². The first-order valence-electron chi connectivity index (χ1n) is 8.16. The number of carboxylic acids is 1. The van der Waals surface area contributed by atoms with Gasteiger partial charge in [0.05, 0.1) is 6.42 Å². The summed E-state index contributed by atoms with van der Waals surface area (Å²) in [6, 6.07) is 7.17. The van der Waals surface area contributed by atoms with Crippen LogP contribution in [-0.4, -0.2) is 45.8 Å². The lowest BCUT2D eigenvalue weighted by molar-refractivity contribution is -0.137. The summed E-state index contributed by atoms with van der Waals surface area (Å²) in [5.74, 6) is -1.48. The summed E-state index contributed by atoms with van der Waals surface area (Å²) in [6.07, 6.45) is 1.40. The van der Waals surface area contributed by atoms with E-state index in [9.17, 15) is 19.5 Å². The van der Waals surface area contributed by atoms with E-state index in [1.807, 2.05) is 39.2 Å². The molecule has 1 atom stereocenters. The summed E-state index contributed by atoms with van der Waals surface area (Å²) in [5, 5.41) is 8.77. The van der Waals surface area contributed by atoms with Crippen LogP contribution in [0.4, 0.5) is 0 Å². The van der Waals surface area contributed by atoms with Gasteiger partial charge in [0.15, 0.2) is 5.78 Å². The van der Waals surface area contributed by atoms with Crippen LogP contribution in [-0.2, 0) is 9.59 Å². The van der Waals surface area contributed by atoms with E-state index < -0.39 is 17.8 Å². The zero-order chi connectivity index (χ0) is 18.7. The van der Waals surface area contributed by atoms with Gasteiger partial charge in [-0.05, 0) is 24.7 Å². The van der Waals surface area contributed by atoms with Gasteiger partial charge in [-0.2, -0.15) is 0 Å². The Morgan fingerprint density at radius 2 is 1.92 bits per heavy atom. The van der Waals surface area contributed by atoms with Crippen molar-refractivity contribution < 1.29 is 19.5 Å². The van der Waals surface area contributed by atoms with Crippen LogP contribution in [0.5, 0.6) is 0 Å². The average Bonchev–Trinajstić information content (AvgIpc) is 2.78. The van der Waals surface area contributed by atoms with Gasteiger partial charge in [0.2, 0.25) is 0 Å². The monoisotopic (exact) mass is 361 g/mol. The molecule has 1 amide bonds. The number of ketones is 1. The lowest BCUT2D eigenvalue weighted by Crippen LogP contribution is -2.37. The predicted octanol–water partition coefficient (Wildman–Crippen LogP) is 3.14. The van der Waals surface area contributed by atoms with Crippen LogP contribution in [0.3, 0.4) is 0 Å². The van der Waals surface area contributed by atoms with E-state index in [1.165, 1.54) is 11.8 Å². The smallest absolute Gasteiger partial charge is 0.308 e. The maximum absolute atomic E-state index is 13.2. The molecular formula is C19H23NO4S. The molecule has 0 aliphatic carbocycles. The molecule has 0 spiro atoms. The number of amides is 1. The molecule has 0 bridgehead atoms. The Kier molecular flexibility index (Phi) is 6.06. The van der Waals surface area contributed by atoms with Crippen molar-refractivity contribution in [3.8, 4) is 0 Å². The minimum atomic E-state index is -1.11. The molecule has 25 heavy (non-hydrogen) atoms. The molecule has 1 aromatic carbocycles. The van der Waals surface area contributed by atoms with Crippen molar-refractivity contribution in [2.24, 2.45) is 5.92 Å². The minimum absolute atomic E-state index is 0.112. The normalized spacial score (nSPS) is 17.6. The van der Waals surface area contributed by atoms with Gasteiger partial charge in [-0.3, -0.25) is 14.4 Å². The van der Waals surface area contributed by atoms with E-state index in [-0.39, 0.29) is 23.2 Å². The molecule has 1 unspecified atom stereocenters. The number of thioether (sulfide) groups is 1. The van der Waals surface area contributed by atoms with Crippen molar-refractivity contribution >= 4 is 29.4 Å². The number of aryl methyl sites for hydroxylation is 1. The molecule has 2 rings (SSSR count).